The molecule has 0 aromatic heterocycles. The average molecular weight is 458 g/mol. The van der Waals surface area contributed by atoms with Crippen LogP contribution in [0.15, 0.2) is 54.6 Å². The van der Waals surface area contributed by atoms with E-state index in [1.54, 1.807) is 7.11 Å². The summed E-state index contributed by atoms with van der Waals surface area (Å²) in [5.41, 5.74) is 1.78. The van der Waals surface area contributed by atoms with Crippen molar-refractivity contribution in [3.05, 3.63) is 60.2 Å². The summed E-state index contributed by atoms with van der Waals surface area (Å²) in [6, 6.07) is 17.6. The first-order valence-electron chi connectivity index (χ1n) is 12.1. The van der Waals surface area contributed by atoms with Crippen LogP contribution in [0.5, 0.6) is 5.75 Å². The fourth-order valence-electron chi connectivity index (χ4n) is 4.73. The summed E-state index contributed by atoms with van der Waals surface area (Å²) in [6.45, 7) is 0. The second-order valence-electron chi connectivity index (χ2n) is 8.96. The van der Waals surface area contributed by atoms with Gasteiger partial charge in [-0.05, 0) is 55.5 Å². The molecule has 2 saturated carbocycles. The minimum absolute atomic E-state index is 0.0171. The highest BCUT2D eigenvalue weighted by Gasteiger charge is 2.42. The van der Waals surface area contributed by atoms with Gasteiger partial charge in [-0.15, -0.1) is 0 Å². The molecule has 0 heterocycles. The SMILES string of the molecule is COc1ccc([C@H](Nc2ccccc2)P(=O)(OC2CCCCC2)OC2CCCCC2)cc1. The van der Waals surface area contributed by atoms with E-state index in [9.17, 15) is 4.57 Å². The second kappa shape index (κ2) is 11.4. The monoisotopic (exact) mass is 457 g/mol. The van der Waals surface area contributed by atoms with Crippen LogP contribution in [0.1, 0.15) is 75.6 Å². The van der Waals surface area contributed by atoms with Crippen molar-refractivity contribution in [3.63, 3.8) is 0 Å². The van der Waals surface area contributed by atoms with E-state index in [1.165, 1.54) is 12.8 Å². The lowest BCUT2D eigenvalue weighted by Crippen LogP contribution is -2.25. The molecule has 32 heavy (non-hydrogen) atoms. The Morgan fingerprint density at radius 1 is 0.781 bits per heavy atom. The van der Waals surface area contributed by atoms with Gasteiger partial charge in [0, 0.05) is 5.69 Å². The highest BCUT2D eigenvalue weighted by molar-refractivity contribution is 7.54. The van der Waals surface area contributed by atoms with Crippen LogP contribution in [0.2, 0.25) is 0 Å². The number of hydrogen-bond donors (Lipinski definition) is 1. The summed E-state index contributed by atoms with van der Waals surface area (Å²) in [4.78, 5) is 0. The van der Waals surface area contributed by atoms with Gasteiger partial charge in [-0.3, -0.25) is 4.57 Å². The van der Waals surface area contributed by atoms with Gasteiger partial charge in [0.15, 0.2) is 5.78 Å². The first kappa shape index (κ1) is 23.4. The lowest BCUT2D eigenvalue weighted by Gasteiger charge is -2.36. The molecule has 0 aliphatic heterocycles. The van der Waals surface area contributed by atoms with Crippen molar-refractivity contribution in [2.75, 3.05) is 12.4 Å². The van der Waals surface area contributed by atoms with Gasteiger partial charge in [0.1, 0.15) is 5.75 Å². The van der Waals surface area contributed by atoms with Crippen LogP contribution in [-0.4, -0.2) is 19.3 Å². The molecule has 0 bridgehead atoms. The minimum atomic E-state index is -3.53. The van der Waals surface area contributed by atoms with Gasteiger partial charge in [-0.1, -0.05) is 68.9 Å². The van der Waals surface area contributed by atoms with Crippen molar-refractivity contribution in [1.29, 1.82) is 0 Å². The third-order valence-corrected chi connectivity index (χ3v) is 8.77. The summed E-state index contributed by atoms with van der Waals surface area (Å²) in [5, 5.41) is 3.50. The van der Waals surface area contributed by atoms with Crippen molar-refractivity contribution in [3.8, 4) is 5.75 Å². The highest BCUT2D eigenvalue weighted by Crippen LogP contribution is 2.64. The van der Waals surface area contributed by atoms with Gasteiger partial charge in [-0.2, -0.15) is 0 Å². The van der Waals surface area contributed by atoms with Gasteiger partial charge in [0.2, 0.25) is 0 Å². The molecular weight excluding hydrogens is 421 g/mol. The number of hydrogen-bond acceptors (Lipinski definition) is 5. The number of benzene rings is 2. The van der Waals surface area contributed by atoms with Crippen LogP contribution in [0.25, 0.3) is 0 Å². The van der Waals surface area contributed by atoms with Crippen LogP contribution in [0.3, 0.4) is 0 Å². The normalized spacial score (nSPS) is 19.4. The molecule has 2 aliphatic rings. The Balaban J connectivity index is 1.68. The molecule has 0 amide bonds. The van der Waals surface area contributed by atoms with Gasteiger partial charge >= 0.3 is 7.60 Å². The summed E-state index contributed by atoms with van der Waals surface area (Å²) in [6.07, 6.45) is 10.7. The van der Waals surface area contributed by atoms with Crippen molar-refractivity contribution in [2.45, 2.75) is 82.2 Å². The molecule has 0 spiro atoms. The molecule has 6 heteroatoms. The molecule has 0 unspecified atom stereocenters. The average Bonchev–Trinajstić information content (AvgIpc) is 2.84. The summed E-state index contributed by atoms with van der Waals surface area (Å²) >= 11 is 0. The molecule has 5 nitrogen and oxygen atoms in total. The smallest absolute Gasteiger partial charge is 0.357 e. The van der Waals surface area contributed by atoms with Gasteiger partial charge in [0.05, 0.1) is 19.3 Å². The van der Waals surface area contributed by atoms with E-state index < -0.39 is 13.4 Å². The topological polar surface area (TPSA) is 56.8 Å². The predicted molar refractivity (Wildman–Crippen MR) is 129 cm³/mol. The predicted octanol–water partition coefficient (Wildman–Crippen LogP) is 7.70. The van der Waals surface area contributed by atoms with E-state index in [0.717, 1.165) is 68.4 Å². The van der Waals surface area contributed by atoms with Crippen molar-refractivity contribution in [1.82, 2.24) is 0 Å². The molecule has 2 aliphatic carbocycles. The van der Waals surface area contributed by atoms with E-state index in [4.69, 9.17) is 13.8 Å². The van der Waals surface area contributed by atoms with Gasteiger partial charge < -0.3 is 19.1 Å². The van der Waals surface area contributed by atoms with Crippen LogP contribution in [-0.2, 0) is 13.6 Å². The third-order valence-electron chi connectivity index (χ3n) is 6.52. The lowest BCUT2D eigenvalue weighted by molar-refractivity contribution is 0.0758. The zero-order chi connectivity index (χ0) is 22.2. The number of methoxy groups -OCH3 is 1. The van der Waals surface area contributed by atoms with Gasteiger partial charge in [-0.25, -0.2) is 0 Å². The van der Waals surface area contributed by atoms with Crippen LogP contribution in [0.4, 0.5) is 5.69 Å². The number of rotatable bonds is 9. The van der Waals surface area contributed by atoms with E-state index in [1.807, 2.05) is 54.6 Å². The fourth-order valence-corrected chi connectivity index (χ4v) is 7.12. The number of para-hydroxylation sites is 1. The number of anilines is 1. The zero-order valence-corrected chi connectivity index (χ0v) is 20.0. The first-order valence-corrected chi connectivity index (χ1v) is 13.7. The molecular formula is C26H36NO4P. The Bertz CT molecular complexity index is 837. The van der Waals surface area contributed by atoms with E-state index in [-0.39, 0.29) is 12.2 Å². The molecule has 2 aromatic carbocycles. The van der Waals surface area contributed by atoms with Gasteiger partial charge in [0.25, 0.3) is 0 Å². The summed E-state index contributed by atoms with van der Waals surface area (Å²) < 4.78 is 32.9. The first-order chi connectivity index (χ1) is 15.7. The van der Waals surface area contributed by atoms with Crippen LogP contribution < -0.4 is 10.1 Å². The fraction of sp³-hybridized carbons (Fsp3) is 0.538. The molecule has 4 rings (SSSR count). The molecule has 2 fully saturated rings. The summed E-state index contributed by atoms with van der Waals surface area (Å²) in [5.74, 6) is 0.183. The zero-order valence-electron chi connectivity index (χ0n) is 19.1. The van der Waals surface area contributed by atoms with E-state index in [2.05, 4.69) is 5.32 Å². The van der Waals surface area contributed by atoms with E-state index >= 15 is 0 Å². The largest absolute Gasteiger partial charge is 0.497 e. The maximum Gasteiger partial charge on any atom is 0.357 e. The highest BCUT2D eigenvalue weighted by atomic mass is 31.2. The Kier molecular flexibility index (Phi) is 8.29. The molecule has 0 saturated heterocycles. The van der Waals surface area contributed by atoms with Crippen LogP contribution in [0, 0.1) is 0 Å². The van der Waals surface area contributed by atoms with Crippen molar-refractivity contribution < 1.29 is 18.3 Å². The standard InChI is InChI=1S/C26H36NO4P/c1-29-23-19-17-21(18-20-23)26(27-22-11-5-2-6-12-22)32(28,30-24-13-7-3-8-14-24)31-25-15-9-4-10-16-25/h2,5-6,11-12,17-20,24-27H,3-4,7-10,13-16H2,1H3/t26-/m1/s1. The number of ether oxygens (including phenoxy) is 1. The second-order valence-corrected chi connectivity index (χ2v) is 11.0. The Morgan fingerprint density at radius 2 is 1.31 bits per heavy atom. The maximum absolute atomic E-state index is 14.7. The number of nitrogens with one attached hydrogen (secondary N) is 1. The molecule has 1 atom stereocenters. The maximum atomic E-state index is 14.7. The Labute approximate surface area is 192 Å². The Morgan fingerprint density at radius 3 is 1.81 bits per heavy atom. The van der Waals surface area contributed by atoms with Crippen LogP contribution >= 0.6 is 7.60 Å². The molecule has 2 aromatic rings. The van der Waals surface area contributed by atoms with Crippen molar-refractivity contribution in [2.24, 2.45) is 0 Å². The third kappa shape index (κ3) is 6.15. The molecule has 0 radical (unpaired) electrons. The molecule has 1 N–H and O–H groups in total. The quantitative estimate of drug-likeness (QED) is 0.391. The van der Waals surface area contributed by atoms with E-state index in [0.29, 0.717) is 0 Å². The molecule has 174 valence electrons. The summed E-state index contributed by atoms with van der Waals surface area (Å²) in [7, 11) is -1.88. The minimum Gasteiger partial charge on any atom is -0.497 e. The Hall–Kier alpha value is -1.81. The lowest BCUT2D eigenvalue weighted by atomic mass is 9.98. The van der Waals surface area contributed by atoms with Crippen molar-refractivity contribution >= 4 is 13.3 Å².